The Morgan fingerprint density at radius 3 is 3.00 bits per heavy atom. The number of nitrogens with one attached hydrogen (secondary N) is 1. The van der Waals surface area contributed by atoms with Gasteiger partial charge < -0.3 is 5.11 Å². The normalized spacial score (nSPS) is 9.78. The zero-order valence-corrected chi connectivity index (χ0v) is 9.01. The molecule has 0 aliphatic rings. The van der Waals surface area contributed by atoms with E-state index in [-0.39, 0.29) is 17.6 Å². The zero-order chi connectivity index (χ0) is 13.1. The lowest BCUT2D eigenvalue weighted by molar-refractivity contribution is -0.383. The molecule has 0 spiro atoms. The molecule has 0 unspecified atom stereocenters. The fourth-order valence-corrected chi connectivity index (χ4v) is 1.47. The number of aromatic nitrogens is 2. The number of fused-ring (bicyclic) bond motifs is 1. The van der Waals surface area contributed by atoms with E-state index in [4.69, 9.17) is 5.11 Å². The monoisotopic (exact) mass is 245 g/mol. The van der Waals surface area contributed by atoms with Crippen LogP contribution in [0.3, 0.4) is 0 Å². The molecule has 7 heteroatoms. The maximum absolute atomic E-state index is 10.8. The molecule has 90 valence electrons. The molecular formula is C11H7N3O4. The van der Waals surface area contributed by atoms with E-state index in [1.807, 2.05) is 0 Å². The van der Waals surface area contributed by atoms with E-state index < -0.39 is 10.9 Å². The van der Waals surface area contributed by atoms with E-state index >= 15 is 0 Å². The highest BCUT2D eigenvalue weighted by molar-refractivity contribution is 5.91. The third-order valence-electron chi connectivity index (χ3n) is 2.21. The predicted octanol–water partition coefficient (Wildman–Crippen LogP) is 1.30. The summed E-state index contributed by atoms with van der Waals surface area (Å²) in [6.07, 6.45) is -0.296. The van der Waals surface area contributed by atoms with E-state index in [0.29, 0.717) is 11.1 Å². The number of non-ortho nitro benzene ring substituents is 1. The average molecular weight is 245 g/mol. The van der Waals surface area contributed by atoms with Gasteiger partial charge in [-0.1, -0.05) is 12.0 Å². The molecule has 0 amide bonds. The highest BCUT2D eigenvalue weighted by atomic mass is 16.6. The summed E-state index contributed by atoms with van der Waals surface area (Å²) in [7, 11) is 0. The van der Waals surface area contributed by atoms with Crippen LogP contribution in [0.1, 0.15) is 12.1 Å². The van der Waals surface area contributed by atoms with E-state index in [1.54, 1.807) is 6.07 Å². The number of rotatable bonds is 2. The summed E-state index contributed by atoms with van der Waals surface area (Å²) in [5, 5.41) is 26.1. The molecule has 0 saturated carbocycles. The average Bonchev–Trinajstić information content (AvgIpc) is 2.72. The second-order valence-corrected chi connectivity index (χ2v) is 3.40. The first-order valence-corrected chi connectivity index (χ1v) is 4.91. The van der Waals surface area contributed by atoms with Crippen LogP contribution in [0.4, 0.5) is 5.69 Å². The fourth-order valence-electron chi connectivity index (χ4n) is 1.47. The summed E-state index contributed by atoms with van der Waals surface area (Å²) in [5.74, 6) is 4.00. The van der Waals surface area contributed by atoms with Crippen molar-refractivity contribution in [1.29, 1.82) is 0 Å². The van der Waals surface area contributed by atoms with Crippen LogP contribution >= 0.6 is 0 Å². The number of carboxylic acid groups (broad SMARTS) is 1. The Balaban J connectivity index is 2.48. The summed E-state index contributed by atoms with van der Waals surface area (Å²) in [5.41, 5.74) is 0.465. The van der Waals surface area contributed by atoms with Crippen molar-refractivity contribution in [2.75, 3.05) is 0 Å². The molecule has 18 heavy (non-hydrogen) atoms. The highest BCUT2D eigenvalue weighted by Gasteiger charge is 2.15. The van der Waals surface area contributed by atoms with E-state index in [0.717, 1.165) is 0 Å². The molecular weight excluding hydrogens is 238 g/mol. The molecule has 1 aromatic carbocycles. The molecule has 1 aromatic heterocycles. The van der Waals surface area contributed by atoms with Crippen molar-refractivity contribution in [1.82, 2.24) is 10.2 Å². The van der Waals surface area contributed by atoms with Gasteiger partial charge in [-0.3, -0.25) is 20.0 Å². The van der Waals surface area contributed by atoms with Gasteiger partial charge in [0.1, 0.15) is 12.1 Å². The van der Waals surface area contributed by atoms with Crippen LogP contribution in [0.15, 0.2) is 18.2 Å². The SMILES string of the molecule is O=C(O)CC#Cc1[nH]nc2c([N+](=O)[O-])cccc12. The highest BCUT2D eigenvalue weighted by Crippen LogP contribution is 2.24. The van der Waals surface area contributed by atoms with Gasteiger partial charge in [-0.2, -0.15) is 5.10 Å². The number of aromatic amines is 1. The second kappa shape index (κ2) is 4.55. The lowest BCUT2D eigenvalue weighted by Crippen LogP contribution is -1.90. The third kappa shape index (κ3) is 2.12. The van der Waals surface area contributed by atoms with Gasteiger partial charge in [-0.15, -0.1) is 0 Å². The minimum atomic E-state index is -1.03. The molecule has 0 saturated heterocycles. The van der Waals surface area contributed by atoms with Gasteiger partial charge in [0.05, 0.1) is 4.92 Å². The number of carboxylic acids is 1. The van der Waals surface area contributed by atoms with E-state index in [2.05, 4.69) is 22.0 Å². The summed E-state index contributed by atoms with van der Waals surface area (Å²) in [6.45, 7) is 0. The Labute approximate surface area is 101 Å². The number of nitrogens with zero attached hydrogens (tertiary/aromatic N) is 2. The number of hydrogen-bond donors (Lipinski definition) is 2. The Morgan fingerprint density at radius 2 is 2.33 bits per heavy atom. The Kier molecular flexibility index (Phi) is 2.93. The van der Waals surface area contributed by atoms with Crippen LogP contribution in [0, 0.1) is 22.0 Å². The summed E-state index contributed by atoms with van der Waals surface area (Å²) in [4.78, 5) is 20.6. The zero-order valence-electron chi connectivity index (χ0n) is 9.01. The standard InChI is InChI=1S/C11H7N3O4/c15-10(16)6-2-4-8-7-3-1-5-9(14(17)18)11(7)13-12-8/h1,3,5H,6H2,(H,12,13)(H,15,16). The number of carbonyl (C=O) groups is 1. The number of benzene rings is 1. The molecule has 0 aliphatic carbocycles. The molecule has 7 nitrogen and oxygen atoms in total. The minimum Gasteiger partial charge on any atom is -0.481 e. The van der Waals surface area contributed by atoms with Gasteiger partial charge in [0.15, 0.2) is 5.52 Å². The summed E-state index contributed by atoms with van der Waals surface area (Å²) in [6, 6.07) is 4.51. The topological polar surface area (TPSA) is 109 Å². The molecule has 0 aliphatic heterocycles. The number of nitro benzene ring substituents is 1. The van der Waals surface area contributed by atoms with Gasteiger partial charge in [0.2, 0.25) is 0 Å². The fraction of sp³-hybridized carbons (Fsp3) is 0.0909. The van der Waals surface area contributed by atoms with Crippen molar-refractivity contribution in [3.05, 3.63) is 34.0 Å². The predicted molar refractivity (Wildman–Crippen MR) is 61.9 cm³/mol. The Morgan fingerprint density at radius 1 is 1.56 bits per heavy atom. The van der Waals surface area contributed by atoms with Crippen molar-refractivity contribution in [2.24, 2.45) is 0 Å². The molecule has 1 heterocycles. The smallest absolute Gasteiger partial charge is 0.315 e. The third-order valence-corrected chi connectivity index (χ3v) is 2.21. The summed E-state index contributed by atoms with van der Waals surface area (Å²) >= 11 is 0. The van der Waals surface area contributed by atoms with Crippen molar-refractivity contribution in [3.8, 4) is 11.8 Å². The van der Waals surface area contributed by atoms with Gasteiger partial charge >= 0.3 is 5.97 Å². The number of nitro groups is 1. The van der Waals surface area contributed by atoms with Crippen molar-refractivity contribution < 1.29 is 14.8 Å². The maximum Gasteiger partial charge on any atom is 0.315 e. The van der Waals surface area contributed by atoms with Gasteiger partial charge in [-0.25, -0.2) is 0 Å². The molecule has 2 aromatic rings. The minimum absolute atomic E-state index is 0.116. The van der Waals surface area contributed by atoms with Crippen LogP contribution in [0.2, 0.25) is 0 Å². The van der Waals surface area contributed by atoms with Crippen LogP contribution in [0.25, 0.3) is 10.9 Å². The number of H-pyrrole nitrogens is 1. The Bertz CT molecular complexity index is 693. The second-order valence-electron chi connectivity index (χ2n) is 3.40. The van der Waals surface area contributed by atoms with Crippen LogP contribution < -0.4 is 0 Å². The first kappa shape index (κ1) is 11.6. The lowest BCUT2D eigenvalue weighted by Gasteiger charge is -1.91. The first-order chi connectivity index (χ1) is 8.59. The maximum atomic E-state index is 10.8. The van der Waals surface area contributed by atoms with Crippen molar-refractivity contribution in [3.63, 3.8) is 0 Å². The van der Waals surface area contributed by atoms with Crippen LogP contribution in [0.5, 0.6) is 0 Å². The number of hydrogen-bond acceptors (Lipinski definition) is 4. The largest absolute Gasteiger partial charge is 0.481 e. The van der Waals surface area contributed by atoms with Crippen LogP contribution in [-0.4, -0.2) is 26.2 Å². The van der Waals surface area contributed by atoms with Crippen LogP contribution in [-0.2, 0) is 4.79 Å². The lowest BCUT2D eigenvalue weighted by atomic mass is 10.2. The van der Waals surface area contributed by atoms with Gasteiger partial charge in [0.25, 0.3) is 5.69 Å². The molecule has 0 fully saturated rings. The molecule has 2 rings (SSSR count). The summed E-state index contributed by atoms with van der Waals surface area (Å²) < 4.78 is 0. The van der Waals surface area contributed by atoms with Gasteiger partial charge in [-0.05, 0) is 12.0 Å². The molecule has 0 atom stereocenters. The van der Waals surface area contributed by atoms with E-state index in [1.165, 1.54) is 12.1 Å². The Hall–Kier alpha value is -2.88. The number of aliphatic carboxylic acids is 1. The quantitative estimate of drug-likeness (QED) is 0.470. The van der Waals surface area contributed by atoms with Crippen molar-refractivity contribution in [2.45, 2.75) is 6.42 Å². The van der Waals surface area contributed by atoms with E-state index in [9.17, 15) is 14.9 Å². The molecule has 0 radical (unpaired) electrons. The number of para-hydroxylation sites is 1. The van der Waals surface area contributed by atoms with Crippen molar-refractivity contribution >= 4 is 22.6 Å². The molecule has 2 N–H and O–H groups in total. The first-order valence-electron chi connectivity index (χ1n) is 4.91. The van der Waals surface area contributed by atoms with Gasteiger partial charge in [0, 0.05) is 11.5 Å². The molecule has 0 bridgehead atoms.